The van der Waals surface area contributed by atoms with Crippen LogP contribution in [0.25, 0.3) is 22.3 Å². The van der Waals surface area contributed by atoms with E-state index in [2.05, 4.69) is 10.1 Å². The number of benzene rings is 2. The molecule has 178 valence electrons. The van der Waals surface area contributed by atoms with Crippen molar-refractivity contribution in [2.45, 2.75) is 12.8 Å². The molecular weight excluding hydrogens is 434 g/mol. The van der Waals surface area contributed by atoms with Crippen molar-refractivity contribution in [3.63, 3.8) is 0 Å². The number of aliphatic hydroxyl groups excluding tert-OH is 2. The lowest BCUT2D eigenvalue weighted by molar-refractivity contribution is 0.287. The Morgan fingerprint density at radius 1 is 0.912 bits per heavy atom. The molecule has 0 aliphatic heterocycles. The van der Waals surface area contributed by atoms with Gasteiger partial charge in [0.1, 0.15) is 11.5 Å². The minimum Gasteiger partial charge on any atom is -0.497 e. The Labute approximate surface area is 198 Å². The first-order valence-electron chi connectivity index (χ1n) is 11.1. The van der Waals surface area contributed by atoms with Gasteiger partial charge in [0.05, 0.1) is 49.9 Å². The van der Waals surface area contributed by atoms with E-state index in [0.717, 1.165) is 39.4 Å². The zero-order chi connectivity index (χ0) is 24.1. The summed E-state index contributed by atoms with van der Waals surface area (Å²) < 4.78 is 12.7. The molecule has 0 atom stereocenters. The molecule has 0 bridgehead atoms. The Bertz CT molecular complexity index is 1250. The van der Waals surface area contributed by atoms with Crippen molar-refractivity contribution in [1.29, 1.82) is 0 Å². The maximum absolute atomic E-state index is 9.76. The molecule has 2 heterocycles. The van der Waals surface area contributed by atoms with Crippen molar-refractivity contribution in [1.82, 2.24) is 19.7 Å². The number of hydrogen-bond donors (Lipinski definition) is 2. The zero-order valence-electron chi connectivity index (χ0n) is 19.6. The highest BCUT2D eigenvalue weighted by Gasteiger charge is 2.16. The van der Waals surface area contributed by atoms with E-state index in [-0.39, 0.29) is 13.2 Å². The summed E-state index contributed by atoms with van der Waals surface area (Å²) in [6, 6.07) is 11.4. The molecule has 2 aromatic carbocycles. The SMILES string of the molecule is COc1cc(OC)cc(N(CCO)c2ccc3ncc(-c4cnn(C)c4CCCO)nc3c2)c1. The third-order valence-electron chi connectivity index (χ3n) is 5.72. The predicted molar refractivity (Wildman–Crippen MR) is 131 cm³/mol. The summed E-state index contributed by atoms with van der Waals surface area (Å²) in [6.45, 7) is 0.461. The normalized spacial score (nSPS) is 11.1. The van der Waals surface area contributed by atoms with Gasteiger partial charge in [0.25, 0.3) is 0 Å². The molecule has 0 spiro atoms. The molecule has 2 aromatic heterocycles. The van der Waals surface area contributed by atoms with E-state index >= 15 is 0 Å². The first kappa shape index (κ1) is 23.5. The summed E-state index contributed by atoms with van der Waals surface area (Å²) in [6.07, 6.45) is 4.88. The van der Waals surface area contributed by atoms with Crippen molar-refractivity contribution in [3.05, 3.63) is 54.5 Å². The summed E-state index contributed by atoms with van der Waals surface area (Å²) in [5.41, 5.74) is 5.81. The third kappa shape index (κ3) is 4.80. The summed E-state index contributed by atoms with van der Waals surface area (Å²) >= 11 is 0. The fourth-order valence-electron chi connectivity index (χ4n) is 3.97. The second-order valence-corrected chi connectivity index (χ2v) is 7.83. The Morgan fingerprint density at radius 3 is 2.35 bits per heavy atom. The molecule has 0 aliphatic rings. The topological polar surface area (TPSA) is 106 Å². The molecule has 4 rings (SSSR count). The number of aliphatic hydroxyl groups is 2. The van der Waals surface area contributed by atoms with Gasteiger partial charge in [-0.05, 0) is 31.0 Å². The highest BCUT2D eigenvalue weighted by molar-refractivity contribution is 5.83. The lowest BCUT2D eigenvalue weighted by atomic mass is 10.1. The molecule has 0 radical (unpaired) electrons. The van der Waals surface area contributed by atoms with E-state index < -0.39 is 0 Å². The number of fused-ring (bicyclic) bond motifs is 1. The molecule has 0 saturated heterocycles. The molecule has 2 N–H and O–H groups in total. The average molecular weight is 464 g/mol. The minimum atomic E-state index is -0.0345. The molecule has 34 heavy (non-hydrogen) atoms. The minimum absolute atomic E-state index is 0.0345. The van der Waals surface area contributed by atoms with Crippen molar-refractivity contribution in [2.75, 3.05) is 38.9 Å². The lowest BCUT2D eigenvalue weighted by Crippen LogP contribution is -2.21. The number of ether oxygens (including phenoxy) is 2. The van der Waals surface area contributed by atoms with E-state index in [0.29, 0.717) is 30.9 Å². The quantitative estimate of drug-likeness (QED) is 0.370. The average Bonchev–Trinajstić information content (AvgIpc) is 3.24. The monoisotopic (exact) mass is 463 g/mol. The number of rotatable bonds is 10. The van der Waals surface area contributed by atoms with Gasteiger partial charge in [-0.1, -0.05) is 0 Å². The highest BCUT2D eigenvalue weighted by atomic mass is 16.5. The zero-order valence-corrected chi connectivity index (χ0v) is 19.6. The number of nitrogens with zero attached hydrogens (tertiary/aromatic N) is 5. The molecule has 0 saturated carbocycles. The second kappa shape index (κ2) is 10.5. The Balaban J connectivity index is 1.76. The van der Waals surface area contributed by atoms with Crippen LogP contribution in [0.5, 0.6) is 11.5 Å². The van der Waals surface area contributed by atoms with Gasteiger partial charge in [-0.2, -0.15) is 5.10 Å². The number of aromatic nitrogens is 4. The first-order chi connectivity index (χ1) is 16.6. The third-order valence-corrected chi connectivity index (χ3v) is 5.72. The van der Waals surface area contributed by atoms with Gasteiger partial charge in [0.15, 0.2) is 0 Å². The summed E-state index contributed by atoms with van der Waals surface area (Å²) in [5.74, 6) is 1.32. The largest absolute Gasteiger partial charge is 0.497 e. The van der Waals surface area contributed by atoms with E-state index in [9.17, 15) is 10.2 Å². The fraction of sp³-hybridized carbons (Fsp3) is 0.320. The number of anilines is 2. The summed E-state index contributed by atoms with van der Waals surface area (Å²) in [4.78, 5) is 11.5. The van der Waals surface area contributed by atoms with Crippen molar-refractivity contribution >= 4 is 22.4 Å². The van der Waals surface area contributed by atoms with E-state index in [4.69, 9.17) is 14.5 Å². The van der Waals surface area contributed by atoms with Crippen LogP contribution in [0, 0.1) is 0 Å². The van der Waals surface area contributed by atoms with Crippen LogP contribution in [0.15, 0.2) is 48.8 Å². The molecule has 9 nitrogen and oxygen atoms in total. The van der Waals surface area contributed by atoms with Gasteiger partial charge < -0.3 is 24.6 Å². The second-order valence-electron chi connectivity index (χ2n) is 7.83. The molecule has 0 fully saturated rings. The molecule has 0 amide bonds. The highest BCUT2D eigenvalue weighted by Crippen LogP contribution is 2.34. The summed E-state index contributed by atoms with van der Waals surface area (Å²) in [5, 5.41) is 23.4. The van der Waals surface area contributed by atoms with E-state index in [1.54, 1.807) is 32.7 Å². The number of aryl methyl sites for hydroxylation is 1. The smallest absolute Gasteiger partial charge is 0.124 e. The first-order valence-corrected chi connectivity index (χ1v) is 11.1. The fourth-order valence-corrected chi connectivity index (χ4v) is 3.97. The van der Waals surface area contributed by atoms with Gasteiger partial charge in [0, 0.05) is 61.0 Å². The molecule has 0 unspecified atom stereocenters. The van der Waals surface area contributed by atoms with Crippen LogP contribution >= 0.6 is 0 Å². The number of hydrogen-bond acceptors (Lipinski definition) is 8. The van der Waals surface area contributed by atoms with Crippen molar-refractivity contribution in [3.8, 4) is 22.8 Å². The Hall–Kier alpha value is -3.69. The molecule has 4 aromatic rings. The number of methoxy groups -OCH3 is 2. The standard InChI is InChI=1S/C25H29N5O4/c1-29-25(5-4-9-31)21(15-27-29)24-16-26-22-7-6-17(13-23(22)28-24)30(8-10-32)18-11-19(33-2)14-20(12-18)34-3/h6-7,11-16,31-32H,4-5,8-10H2,1-3H3. The van der Waals surface area contributed by atoms with Crippen LogP contribution < -0.4 is 14.4 Å². The predicted octanol–water partition coefficient (Wildman–Crippen LogP) is 3.10. The van der Waals surface area contributed by atoms with Gasteiger partial charge in [-0.15, -0.1) is 0 Å². The molecule has 9 heteroatoms. The Kier molecular flexibility index (Phi) is 7.24. The van der Waals surface area contributed by atoms with Gasteiger partial charge in [0.2, 0.25) is 0 Å². The van der Waals surface area contributed by atoms with Gasteiger partial charge >= 0.3 is 0 Å². The van der Waals surface area contributed by atoms with E-state index in [1.807, 2.05) is 47.0 Å². The summed E-state index contributed by atoms with van der Waals surface area (Å²) in [7, 11) is 5.10. The van der Waals surface area contributed by atoms with Crippen LogP contribution in [0.1, 0.15) is 12.1 Å². The van der Waals surface area contributed by atoms with Crippen LogP contribution in [-0.2, 0) is 13.5 Å². The van der Waals surface area contributed by atoms with E-state index in [1.165, 1.54) is 0 Å². The molecule has 0 aliphatic carbocycles. The van der Waals surface area contributed by atoms with Crippen LogP contribution in [0.4, 0.5) is 11.4 Å². The molecular formula is C25H29N5O4. The maximum atomic E-state index is 9.76. The van der Waals surface area contributed by atoms with Crippen LogP contribution in [0.2, 0.25) is 0 Å². The van der Waals surface area contributed by atoms with Crippen LogP contribution in [-0.4, -0.2) is 63.9 Å². The van der Waals surface area contributed by atoms with Crippen molar-refractivity contribution < 1.29 is 19.7 Å². The maximum Gasteiger partial charge on any atom is 0.124 e. The van der Waals surface area contributed by atoms with Crippen LogP contribution in [0.3, 0.4) is 0 Å². The lowest BCUT2D eigenvalue weighted by Gasteiger charge is -2.25. The van der Waals surface area contributed by atoms with Gasteiger partial charge in [-0.25, -0.2) is 4.98 Å². The van der Waals surface area contributed by atoms with Crippen molar-refractivity contribution in [2.24, 2.45) is 7.05 Å². The van der Waals surface area contributed by atoms with Gasteiger partial charge in [-0.3, -0.25) is 9.67 Å². The Morgan fingerprint density at radius 2 is 1.68 bits per heavy atom.